The highest BCUT2D eigenvalue weighted by Crippen LogP contribution is 2.46. The molecule has 1 N–H and O–H groups in total. The highest BCUT2D eigenvalue weighted by molar-refractivity contribution is 7.89. The van der Waals surface area contributed by atoms with Crippen LogP contribution in [0.25, 0.3) is 0 Å². The molecule has 5 heteroatoms. The van der Waals surface area contributed by atoms with E-state index >= 15 is 0 Å². The maximum Gasteiger partial charge on any atom is 0.214 e. The number of sulfonamides is 1. The Bertz CT molecular complexity index is 455. The van der Waals surface area contributed by atoms with Crippen LogP contribution in [0.2, 0.25) is 0 Å². The van der Waals surface area contributed by atoms with Crippen LogP contribution in [-0.4, -0.2) is 44.7 Å². The molecule has 1 radical (unpaired) electrons. The minimum Gasteiger partial charge on any atom is -0.317 e. The van der Waals surface area contributed by atoms with Crippen LogP contribution in [0.5, 0.6) is 0 Å². The zero-order valence-corrected chi connectivity index (χ0v) is 15.2. The van der Waals surface area contributed by atoms with E-state index < -0.39 is 10.0 Å². The fourth-order valence-electron chi connectivity index (χ4n) is 4.69. The molecule has 0 bridgehead atoms. The molecule has 0 amide bonds. The Morgan fingerprint density at radius 2 is 1.70 bits per heavy atom. The van der Waals surface area contributed by atoms with Crippen molar-refractivity contribution in [3.05, 3.63) is 6.42 Å². The van der Waals surface area contributed by atoms with Crippen molar-refractivity contribution in [2.45, 2.75) is 64.2 Å². The Kier molecular flexibility index (Phi) is 6.02. The van der Waals surface area contributed by atoms with Gasteiger partial charge in [0.25, 0.3) is 0 Å². The quantitative estimate of drug-likeness (QED) is 0.756. The van der Waals surface area contributed by atoms with Gasteiger partial charge in [-0.25, -0.2) is 12.7 Å². The predicted molar refractivity (Wildman–Crippen MR) is 94.6 cm³/mol. The molecule has 3 aliphatic rings. The number of hydrogen-bond donors (Lipinski definition) is 1. The molecular formula is C18H33N2O2S. The van der Waals surface area contributed by atoms with Gasteiger partial charge in [-0.15, -0.1) is 0 Å². The number of piperidine rings is 2. The minimum absolute atomic E-state index is 0.335. The van der Waals surface area contributed by atoms with Gasteiger partial charge in [0, 0.05) is 13.1 Å². The summed E-state index contributed by atoms with van der Waals surface area (Å²) in [6.07, 6.45) is 14.0. The molecule has 3 fully saturated rings. The van der Waals surface area contributed by atoms with Gasteiger partial charge in [-0.3, -0.25) is 0 Å². The first-order valence-electron chi connectivity index (χ1n) is 9.62. The zero-order chi connectivity index (χ0) is 16.2. The SMILES string of the molecule is O=S(=O)(CCC[CH]C1CCNCC1)N1CCC2(CCCC2)CC1. The lowest BCUT2D eigenvalue weighted by molar-refractivity contribution is 0.160. The fourth-order valence-corrected chi connectivity index (χ4v) is 6.22. The van der Waals surface area contributed by atoms with E-state index in [0.717, 1.165) is 51.9 Å². The van der Waals surface area contributed by atoms with E-state index in [1.54, 1.807) is 4.31 Å². The molecule has 23 heavy (non-hydrogen) atoms. The lowest BCUT2D eigenvalue weighted by Crippen LogP contribution is -2.43. The van der Waals surface area contributed by atoms with E-state index in [-0.39, 0.29) is 0 Å². The summed E-state index contributed by atoms with van der Waals surface area (Å²) in [5, 5.41) is 3.37. The van der Waals surface area contributed by atoms with Gasteiger partial charge < -0.3 is 5.32 Å². The molecule has 1 aliphatic carbocycles. The fraction of sp³-hybridized carbons (Fsp3) is 0.944. The first-order valence-corrected chi connectivity index (χ1v) is 11.2. The normalized spacial score (nSPS) is 26.8. The van der Waals surface area contributed by atoms with Gasteiger partial charge >= 0.3 is 0 Å². The van der Waals surface area contributed by atoms with Crippen molar-refractivity contribution in [3.8, 4) is 0 Å². The largest absolute Gasteiger partial charge is 0.317 e. The number of unbranched alkanes of at least 4 members (excludes halogenated alkanes) is 1. The Labute approximate surface area is 142 Å². The maximum absolute atomic E-state index is 12.5. The molecule has 0 unspecified atom stereocenters. The van der Waals surface area contributed by atoms with E-state index in [1.807, 2.05) is 0 Å². The Hall–Kier alpha value is -0.130. The Morgan fingerprint density at radius 1 is 1.04 bits per heavy atom. The molecule has 133 valence electrons. The zero-order valence-electron chi connectivity index (χ0n) is 14.4. The summed E-state index contributed by atoms with van der Waals surface area (Å²) in [5.41, 5.74) is 0.495. The molecular weight excluding hydrogens is 308 g/mol. The van der Waals surface area contributed by atoms with Crippen molar-refractivity contribution < 1.29 is 8.42 Å². The lowest BCUT2D eigenvalue weighted by Gasteiger charge is -2.38. The molecule has 2 saturated heterocycles. The lowest BCUT2D eigenvalue weighted by atomic mass is 9.78. The Balaban J connectivity index is 1.37. The molecule has 2 aliphatic heterocycles. The van der Waals surface area contributed by atoms with Crippen LogP contribution >= 0.6 is 0 Å². The summed E-state index contributed by atoms with van der Waals surface area (Å²) in [5.74, 6) is 1.03. The monoisotopic (exact) mass is 341 g/mol. The van der Waals surface area contributed by atoms with Crippen molar-refractivity contribution in [1.29, 1.82) is 0 Å². The van der Waals surface area contributed by atoms with Crippen LogP contribution in [0.15, 0.2) is 0 Å². The van der Waals surface area contributed by atoms with E-state index in [9.17, 15) is 8.42 Å². The molecule has 1 saturated carbocycles. The van der Waals surface area contributed by atoms with Gasteiger partial charge in [-0.05, 0) is 82.2 Å². The van der Waals surface area contributed by atoms with E-state index in [4.69, 9.17) is 0 Å². The average molecular weight is 342 g/mol. The second-order valence-electron chi connectivity index (χ2n) is 7.89. The van der Waals surface area contributed by atoms with Crippen molar-refractivity contribution in [3.63, 3.8) is 0 Å². The van der Waals surface area contributed by atoms with E-state index in [1.165, 1.54) is 38.5 Å². The van der Waals surface area contributed by atoms with Crippen LogP contribution in [0.4, 0.5) is 0 Å². The molecule has 3 rings (SSSR count). The van der Waals surface area contributed by atoms with Crippen molar-refractivity contribution in [2.24, 2.45) is 11.3 Å². The second kappa shape index (κ2) is 7.83. The summed E-state index contributed by atoms with van der Waals surface area (Å²) in [6.45, 7) is 3.74. The molecule has 0 atom stereocenters. The van der Waals surface area contributed by atoms with Crippen molar-refractivity contribution >= 4 is 10.0 Å². The van der Waals surface area contributed by atoms with Crippen molar-refractivity contribution in [1.82, 2.24) is 9.62 Å². The van der Waals surface area contributed by atoms with Crippen LogP contribution in [-0.2, 0) is 10.0 Å². The third-order valence-corrected chi connectivity index (χ3v) is 8.29. The van der Waals surface area contributed by atoms with E-state index in [0.29, 0.717) is 17.1 Å². The number of nitrogens with zero attached hydrogens (tertiary/aromatic N) is 1. The van der Waals surface area contributed by atoms with Gasteiger partial charge in [-0.1, -0.05) is 12.8 Å². The third kappa shape index (κ3) is 4.70. The van der Waals surface area contributed by atoms with Gasteiger partial charge in [0.15, 0.2) is 0 Å². The molecule has 0 aromatic rings. The number of nitrogens with one attached hydrogen (secondary N) is 1. The van der Waals surface area contributed by atoms with Crippen LogP contribution < -0.4 is 5.32 Å². The number of hydrogen-bond acceptors (Lipinski definition) is 3. The summed E-state index contributed by atoms with van der Waals surface area (Å²) in [7, 11) is -3.03. The molecule has 4 nitrogen and oxygen atoms in total. The Morgan fingerprint density at radius 3 is 2.35 bits per heavy atom. The molecule has 0 aromatic heterocycles. The summed E-state index contributed by atoms with van der Waals surface area (Å²) >= 11 is 0. The first kappa shape index (κ1) is 17.7. The predicted octanol–water partition coefficient (Wildman–Crippen LogP) is 2.96. The average Bonchev–Trinajstić information content (AvgIpc) is 3.01. The minimum atomic E-state index is -3.03. The van der Waals surface area contributed by atoms with Crippen LogP contribution in [0.3, 0.4) is 0 Å². The van der Waals surface area contributed by atoms with E-state index in [2.05, 4.69) is 11.7 Å². The van der Waals surface area contributed by atoms with Gasteiger partial charge in [0.1, 0.15) is 0 Å². The summed E-state index contributed by atoms with van der Waals surface area (Å²) in [4.78, 5) is 0. The van der Waals surface area contributed by atoms with Crippen molar-refractivity contribution in [2.75, 3.05) is 31.9 Å². The number of rotatable bonds is 6. The topological polar surface area (TPSA) is 49.4 Å². The maximum atomic E-state index is 12.5. The van der Waals surface area contributed by atoms with Gasteiger partial charge in [0.05, 0.1) is 5.75 Å². The molecule has 0 aromatic carbocycles. The third-order valence-electron chi connectivity index (χ3n) is 6.33. The van der Waals surface area contributed by atoms with Gasteiger partial charge in [-0.2, -0.15) is 0 Å². The smallest absolute Gasteiger partial charge is 0.214 e. The molecule has 1 spiro atoms. The highest BCUT2D eigenvalue weighted by atomic mass is 32.2. The second-order valence-corrected chi connectivity index (χ2v) is 9.98. The summed E-state index contributed by atoms with van der Waals surface area (Å²) < 4.78 is 26.9. The summed E-state index contributed by atoms with van der Waals surface area (Å²) in [6, 6.07) is 0. The van der Waals surface area contributed by atoms with Gasteiger partial charge in [0.2, 0.25) is 10.0 Å². The van der Waals surface area contributed by atoms with Crippen LogP contribution in [0.1, 0.15) is 64.2 Å². The highest BCUT2D eigenvalue weighted by Gasteiger charge is 2.39. The first-order chi connectivity index (χ1) is 11.1. The van der Waals surface area contributed by atoms with Crippen LogP contribution in [0, 0.1) is 17.8 Å². The standard InChI is InChI=1S/C18H33N2O2S/c21-23(22,16-4-1-5-17-6-12-19-13-7-17)20-14-10-18(11-15-20)8-2-3-9-18/h5,17,19H,1-4,6-16H2. The molecule has 2 heterocycles.